The van der Waals surface area contributed by atoms with Crippen molar-refractivity contribution < 1.29 is 9.53 Å². The number of nitrogens with two attached hydrogens (primary N) is 1. The van der Waals surface area contributed by atoms with E-state index in [0.29, 0.717) is 12.6 Å². The molecule has 0 aromatic carbocycles. The molecule has 2 unspecified atom stereocenters. The molecule has 0 bridgehead atoms. The number of carbonyl (C=O) groups excluding carboxylic acids is 1. The molecule has 2 rings (SSSR count). The van der Waals surface area contributed by atoms with Gasteiger partial charge in [0, 0.05) is 12.1 Å². The van der Waals surface area contributed by atoms with Crippen LogP contribution in [0.5, 0.6) is 0 Å². The molecule has 2 fully saturated rings. The molecule has 0 heterocycles. The maximum absolute atomic E-state index is 12.0. The van der Waals surface area contributed by atoms with E-state index in [1.54, 1.807) is 0 Å². The van der Waals surface area contributed by atoms with Crippen molar-refractivity contribution >= 4 is 5.97 Å². The Morgan fingerprint density at radius 3 is 2.63 bits per heavy atom. The third kappa shape index (κ3) is 3.48. The molecule has 19 heavy (non-hydrogen) atoms. The summed E-state index contributed by atoms with van der Waals surface area (Å²) in [6.45, 7) is 5.65. The molecular weight excluding hydrogens is 240 g/mol. The topological polar surface area (TPSA) is 55.6 Å². The minimum Gasteiger partial charge on any atom is -0.465 e. The average molecular weight is 268 g/mol. The van der Waals surface area contributed by atoms with Crippen molar-refractivity contribution in [3.8, 4) is 0 Å². The summed E-state index contributed by atoms with van der Waals surface area (Å²) in [6.07, 6.45) is 7.67. The Morgan fingerprint density at radius 1 is 1.32 bits per heavy atom. The van der Waals surface area contributed by atoms with E-state index in [0.717, 1.165) is 31.8 Å². The van der Waals surface area contributed by atoms with E-state index in [4.69, 9.17) is 10.5 Å². The van der Waals surface area contributed by atoms with Crippen LogP contribution in [0.1, 0.15) is 58.8 Å². The second kappa shape index (κ2) is 6.23. The van der Waals surface area contributed by atoms with Crippen molar-refractivity contribution in [2.24, 2.45) is 5.73 Å². The Balaban J connectivity index is 1.93. The average Bonchev–Trinajstić information content (AvgIpc) is 3.14. The number of hydrogen-bond acceptors (Lipinski definition) is 4. The minimum atomic E-state index is -0.736. The van der Waals surface area contributed by atoms with Crippen LogP contribution in [-0.2, 0) is 9.53 Å². The first-order valence-corrected chi connectivity index (χ1v) is 7.82. The molecule has 2 aliphatic rings. The van der Waals surface area contributed by atoms with Crippen molar-refractivity contribution in [3.63, 3.8) is 0 Å². The van der Waals surface area contributed by atoms with Crippen LogP contribution in [0.4, 0.5) is 0 Å². The number of ether oxygens (including phenoxy) is 1. The zero-order chi connectivity index (χ0) is 13.9. The summed E-state index contributed by atoms with van der Waals surface area (Å²) in [5, 5.41) is 0. The molecule has 2 N–H and O–H groups in total. The fourth-order valence-corrected chi connectivity index (χ4v) is 3.20. The Labute approximate surface area is 116 Å². The van der Waals surface area contributed by atoms with Gasteiger partial charge < -0.3 is 10.5 Å². The second-order valence-electron chi connectivity index (χ2n) is 6.10. The van der Waals surface area contributed by atoms with E-state index < -0.39 is 5.54 Å². The van der Waals surface area contributed by atoms with Crippen LogP contribution >= 0.6 is 0 Å². The van der Waals surface area contributed by atoms with Crippen molar-refractivity contribution in [1.82, 2.24) is 4.90 Å². The van der Waals surface area contributed by atoms with Crippen LogP contribution < -0.4 is 5.73 Å². The van der Waals surface area contributed by atoms with Gasteiger partial charge in [0.2, 0.25) is 0 Å². The van der Waals surface area contributed by atoms with E-state index in [1.807, 2.05) is 6.92 Å². The number of rotatable bonds is 7. The quantitative estimate of drug-likeness (QED) is 0.718. The standard InChI is InChI=1S/C15H28N2O2/c1-3-5-10-17(12-6-7-12)13-8-9-15(16,11-13)14(18)19-4-2/h12-13H,3-11,16H2,1-2H3. The highest BCUT2D eigenvalue weighted by molar-refractivity contribution is 5.81. The number of carbonyl (C=O) groups is 1. The number of hydrogen-bond donors (Lipinski definition) is 1. The van der Waals surface area contributed by atoms with Crippen LogP contribution in [-0.4, -0.2) is 41.6 Å². The van der Waals surface area contributed by atoms with E-state index >= 15 is 0 Å². The summed E-state index contributed by atoms with van der Waals surface area (Å²) in [5.41, 5.74) is 5.53. The number of nitrogens with zero attached hydrogens (tertiary/aromatic N) is 1. The van der Waals surface area contributed by atoms with Crippen molar-refractivity contribution in [2.75, 3.05) is 13.2 Å². The van der Waals surface area contributed by atoms with E-state index in [9.17, 15) is 4.79 Å². The van der Waals surface area contributed by atoms with Crippen LogP contribution in [0.15, 0.2) is 0 Å². The smallest absolute Gasteiger partial charge is 0.326 e. The predicted molar refractivity (Wildman–Crippen MR) is 75.8 cm³/mol. The van der Waals surface area contributed by atoms with Gasteiger partial charge in [-0.05, 0) is 52.0 Å². The monoisotopic (exact) mass is 268 g/mol. The maximum atomic E-state index is 12.0. The first kappa shape index (κ1) is 14.8. The third-order valence-electron chi connectivity index (χ3n) is 4.46. The maximum Gasteiger partial charge on any atom is 0.326 e. The lowest BCUT2D eigenvalue weighted by molar-refractivity contribution is -0.149. The Hall–Kier alpha value is -0.610. The van der Waals surface area contributed by atoms with Gasteiger partial charge in [0.05, 0.1) is 6.61 Å². The molecule has 0 aromatic rings. The minimum absolute atomic E-state index is 0.205. The van der Waals surface area contributed by atoms with E-state index in [-0.39, 0.29) is 5.97 Å². The molecule has 4 heteroatoms. The fourth-order valence-electron chi connectivity index (χ4n) is 3.20. The lowest BCUT2D eigenvalue weighted by Crippen LogP contribution is -2.48. The van der Waals surface area contributed by atoms with Crippen molar-refractivity contribution in [1.29, 1.82) is 0 Å². The summed E-state index contributed by atoms with van der Waals surface area (Å²) in [7, 11) is 0. The van der Waals surface area contributed by atoms with Gasteiger partial charge in [0.15, 0.2) is 0 Å². The van der Waals surface area contributed by atoms with Crippen molar-refractivity contribution in [3.05, 3.63) is 0 Å². The summed E-state index contributed by atoms with van der Waals surface area (Å²) in [6, 6.07) is 1.23. The molecule has 0 radical (unpaired) electrons. The highest BCUT2D eigenvalue weighted by atomic mass is 16.5. The lowest BCUT2D eigenvalue weighted by Gasteiger charge is -2.30. The van der Waals surface area contributed by atoms with E-state index in [2.05, 4.69) is 11.8 Å². The Morgan fingerprint density at radius 2 is 2.05 bits per heavy atom. The van der Waals surface area contributed by atoms with Gasteiger partial charge >= 0.3 is 5.97 Å². The molecular formula is C15H28N2O2. The SMILES string of the molecule is CCCCN(C1CC1)C1CCC(N)(C(=O)OCC)C1. The van der Waals surface area contributed by atoms with Crippen molar-refractivity contribution in [2.45, 2.75) is 76.4 Å². The molecule has 110 valence electrons. The van der Waals surface area contributed by atoms with Gasteiger partial charge in [-0.2, -0.15) is 0 Å². The van der Waals surface area contributed by atoms with Gasteiger partial charge in [-0.15, -0.1) is 0 Å². The molecule has 0 spiro atoms. The molecule has 0 saturated heterocycles. The summed E-state index contributed by atoms with van der Waals surface area (Å²) >= 11 is 0. The highest BCUT2D eigenvalue weighted by Gasteiger charge is 2.47. The fraction of sp³-hybridized carbons (Fsp3) is 0.933. The first-order chi connectivity index (χ1) is 9.10. The summed E-state index contributed by atoms with van der Waals surface area (Å²) < 4.78 is 5.13. The molecule has 2 aliphatic carbocycles. The van der Waals surface area contributed by atoms with Crippen LogP contribution in [0.25, 0.3) is 0 Å². The lowest BCUT2D eigenvalue weighted by atomic mass is 9.99. The molecule has 0 amide bonds. The summed E-state index contributed by atoms with van der Waals surface area (Å²) in [5.74, 6) is -0.205. The second-order valence-corrected chi connectivity index (χ2v) is 6.10. The van der Waals surface area contributed by atoms with E-state index in [1.165, 1.54) is 25.7 Å². The van der Waals surface area contributed by atoms with Gasteiger partial charge in [0.1, 0.15) is 5.54 Å². The predicted octanol–water partition coefficient (Wildman–Crippen LogP) is 2.06. The highest BCUT2D eigenvalue weighted by Crippen LogP contribution is 2.38. The van der Waals surface area contributed by atoms with Crippen LogP contribution in [0.2, 0.25) is 0 Å². The third-order valence-corrected chi connectivity index (χ3v) is 4.46. The van der Waals surface area contributed by atoms with Gasteiger partial charge in [-0.25, -0.2) is 0 Å². The van der Waals surface area contributed by atoms with Gasteiger partial charge in [-0.3, -0.25) is 9.69 Å². The zero-order valence-electron chi connectivity index (χ0n) is 12.4. The Bertz CT molecular complexity index is 317. The van der Waals surface area contributed by atoms with Gasteiger partial charge in [-0.1, -0.05) is 13.3 Å². The molecule has 4 nitrogen and oxygen atoms in total. The van der Waals surface area contributed by atoms with Crippen LogP contribution in [0, 0.1) is 0 Å². The van der Waals surface area contributed by atoms with Crippen LogP contribution in [0.3, 0.4) is 0 Å². The number of unbranched alkanes of at least 4 members (excludes halogenated alkanes) is 1. The molecule has 2 saturated carbocycles. The summed E-state index contributed by atoms with van der Waals surface area (Å²) in [4.78, 5) is 14.6. The normalized spacial score (nSPS) is 30.8. The largest absolute Gasteiger partial charge is 0.465 e. The first-order valence-electron chi connectivity index (χ1n) is 7.82. The molecule has 0 aliphatic heterocycles. The number of esters is 1. The zero-order valence-corrected chi connectivity index (χ0v) is 12.4. The van der Waals surface area contributed by atoms with Gasteiger partial charge in [0.25, 0.3) is 0 Å². The Kier molecular flexibility index (Phi) is 4.85. The molecule has 2 atom stereocenters. The molecule has 0 aromatic heterocycles.